The van der Waals surface area contributed by atoms with Crippen LogP contribution < -0.4 is 10.1 Å². The van der Waals surface area contributed by atoms with Crippen molar-refractivity contribution in [3.8, 4) is 11.5 Å². The van der Waals surface area contributed by atoms with Crippen molar-refractivity contribution in [2.24, 2.45) is 0 Å². The van der Waals surface area contributed by atoms with Gasteiger partial charge in [-0.05, 0) is 30.3 Å². The number of rotatable bonds is 3. The first-order valence-corrected chi connectivity index (χ1v) is 7.89. The molecule has 0 unspecified atom stereocenters. The van der Waals surface area contributed by atoms with Gasteiger partial charge in [0.25, 0.3) is 5.91 Å². The van der Waals surface area contributed by atoms with Crippen LogP contribution in [-0.4, -0.2) is 17.9 Å². The molecule has 0 saturated carbocycles. The van der Waals surface area contributed by atoms with Crippen molar-refractivity contribution < 1.29 is 9.53 Å². The molecule has 2 heterocycles. The second-order valence-electron chi connectivity index (χ2n) is 4.40. The van der Waals surface area contributed by atoms with E-state index < -0.39 is 0 Å². The molecule has 4 nitrogen and oxygen atoms in total. The lowest BCUT2D eigenvalue weighted by atomic mass is 10.2. The molecule has 1 N–H and O–H groups in total. The van der Waals surface area contributed by atoms with E-state index in [2.05, 4.69) is 10.3 Å². The van der Waals surface area contributed by atoms with Crippen molar-refractivity contribution >= 4 is 50.5 Å². The molecule has 0 spiro atoms. The molecule has 7 heteroatoms. The van der Waals surface area contributed by atoms with Crippen molar-refractivity contribution in [1.29, 1.82) is 0 Å². The lowest BCUT2D eigenvalue weighted by Crippen LogP contribution is -2.15. The topological polar surface area (TPSA) is 51.2 Å². The molecule has 22 heavy (non-hydrogen) atoms. The van der Waals surface area contributed by atoms with Gasteiger partial charge in [-0.3, -0.25) is 4.79 Å². The highest BCUT2D eigenvalue weighted by Gasteiger charge is 2.15. The lowest BCUT2D eigenvalue weighted by molar-refractivity contribution is 0.0967. The van der Waals surface area contributed by atoms with E-state index in [4.69, 9.17) is 27.9 Å². The van der Waals surface area contributed by atoms with Crippen molar-refractivity contribution in [3.05, 3.63) is 51.6 Å². The van der Waals surface area contributed by atoms with Crippen molar-refractivity contribution in [3.63, 3.8) is 0 Å². The molecule has 0 fully saturated rings. The summed E-state index contributed by atoms with van der Waals surface area (Å²) in [5.74, 6) is 0.991. The monoisotopic (exact) mass is 352 g/mol. The average Bonchev–Trinajstić information content (AvgIpc) is 2.98. The molecule has 0 saturated heterocycles. The molecule has 0 aliphatic rings. The van der Waals surface area contributed by atoms with Crippen LogP contribution in [0.25, 0.3) is 10.1 Å². The molecule has 0 atom stereocenters. The van der Waals surface area contributed by atoms with Gasteiger partial charge in [-0.25, -0.2) is 4.98 Å². The van der Waals surface area contributed by atoms with Crippen LogP contribution in [0.4, 0.5) is 0 Å². The number of hydrogen-bond donors (Lipinski definition) is 1. The normalized spacial score (nSPS) is 10.7. The van der Waals surface area contributed by atoms with Crippen LogP contribution in [0.15, 0.2) is 36.5 Å². The van der Waals surface area contributed by atoms with E-state index in [1.54, 1.807) is 43.6 Å². The highest BCUT2D eigenvalue weighted by molar-refractivity contribution is 7.21. The number of fused-ring (bicyclic) bond motifs is 1. The van der Waals surface area contributed by atoms with E-state index in [0.29, 0.717) is 31.3 Å². The number of halogens is 2. The Bertz CT molecular complexity index is 847. The summed E-state index contributed by atoms with van der Waals surface area (Å²) in [6.45, 7) is 0. The Morgan fingerprint density at radius 3 is 2.68 bits per heavy atom. The van der Waals surface area contributed by atoms with Gasteiger partial charge in [0.05, 0.1) is 15.8 Å². The van der Waals surface area contributed by atoms with Gasteiger partial charge in [0, 0.05) is 17.5 Å². The molecule has 0 bridgehead atoms. The van der Waals surface area contributed by atoms with Gasteiger partial charge in [-0.2, -0.15) is 0 Å². The number of aromatic nitrogens is 1. The number of pyridine rings is 1. The second kappa shape index (κ2) is 6.12. The average molecular weight is 353 g/mol. The van der Waals surface area contributed by atoms with Gasteiger partial charge in [0.15, 0.2) is 5.75 Å². The number of carbonyl (C=O) groups is 1. The lowest BCUT2D eigenvalue weighted by Gasteiger charge is -2.07. The Hall–Kier alpha value is -1.82. The highest BCUT2D eigenvalue weighted by atomic mass is 35.5. The van der Waals surface area contributed by atoms with Crippen LogP contribution in [0.3, 0.4) is 0 Å². The smallest absolute Gasteiger partial charge is 0.261 e. The van der Waals surface area contributed by atoms with Gasteiger partial charge in [0.1, 0.15) is 10.9 Å². The molecular formula is C15H10Cl2N2O2S. The summed E-state index contributed by atoms with van der Waals surface area (Å²) < 4.78 is 6.54. The summed E-state index contributed by atoms with van der Waals surface area (Å²) >= 11 is 13.2. The zero-order valence-corrected chi connectivity index (χ0v) is 13.7. The summed E-state index contributed by atoms with van der Waals surface area (Å²) in [7, 11) is 1.58. The van der Waals surface area contributed by atoms with E-state index in [-0.39, 0.29) is 5.91 Å². The Balaban J connectivity index is 2.05. The predicted octanol–water partition coefficient (Wildman–Crippen LogP) is 4.76. The minimum absolute atomic E-state index is 0.172. The Kier molecular flexibility index (Phi) is 4.20. The minimum atomic E-state index is -0.172. The first kappa shape index (κ1) is 15.1. The van der Waals surface area contributed by atoms with E-state index in [1.165, 1.54) is 11.3 Å². The van der Waals surface area contributed by atoms with Crippen molar-refractivity contribution in [2.75, 3.05) is 7.05 Å². The number of benzene rings is 1. The minimum Gasteiger partial charge on any atom is -0.455 e. The number of amides is 1. The van der Waals surface area contributed by atoms with Crippen LogP contribution in [0.1, 0.15) is 9.67 Å². The fourth-order valence-electron chi connectivity index (χ4n) is 1.92. The standard InChI is InChI=1S/C15H10Cl2N2O2S/c1-18-15(20)12-6-10-11(7-19-14(17)13(10)22-12)21-9-4-2-8(16)3-5-9/h2-7H,1H3,(H,18,20). The summed E-state index contributed by atoms with van der Waals surface area (Å²) in [5, 5.41) is 4.31. The molecule has 1 aromatic carbocycles. The summed E-state index contributed by atoms with van der Waals surface area (Å²) in [6, 6.07) is 8.74. The van der Waals surface area contributed by atoms with E-state index in [1.807, 2.05) is 0 Å². The van der Waals surface area contributed by atoms with Gasteiger partial charge in [-0.15, -0.1) is 11.3 Å². The largest absolute Gasteiger partial charge is 0.455 e. The van der Waals surface area contributed by atoms with E-state index >= 15 is 0 Å². The van der Waals surface area contributed by atoms with Gasteiger partial charge in [-0.1, -0.05) is 23.2 Å². The van der Waals surface area contributed by atoms with Crippen LogP contribution in [-0.2, 0) is 0 Å². The quantitative estimate of drug-likeness (QED) is 0.691. The van der Waals surface area contributed by atoms with Gasteiger partial charge >= 0.3 is 0 Å². The zero-order chi connectivity index (χ0) is 15.7. The van der Waals surface area contributed by atoms with E-state index in [9.17, 15) is 4.79 Å². The van der Waals surface area contributed by atoms with E-state index in [0.717, 1.165) is 5.39 Å². The number of nitrogens with one attached hydrogen (secondary N) is 1. The van der Waals surface area contributed by atoms with Crippen molar-refractivity contribution in [2.45, 2.75) is 0 Å². The number of hydrogen-bond acceptors (Lipinski definition) is 4. The molecule has 0 aliphatic heterocycles. The molecule has 0 aliphatic carbocycles. The van der Waals surface area contributed by atoms with Crippen molar-refractivity contribution in [1.82, 2.24) is 10.3 Å². The molecule has 112 valence electrons. The Morgan fingerprint density at radius 1 is 1.27 bits per heavy atom. The number of nitrogens with zero attached hydrogens (tertiary/aromatic N) is 1. The van der Waals surface area contributed by atoms with Crippen LogP contribution >= 0.6 is 34.5 Å². The fourth-order valence-corrected chi connectivity index (χ4v) is 3.31. The third kappa shape index (κ3) is 2.88. The highest BCUT2D eigenvalue weighted by Crippen LogP contribution is 2.38. The van der Waals surface area contributed by atoms with Crippen LogP contribution in [0.5, 0.6) is 11.5 Å². The number of thiophene rings is 1. The first-order valence-electron chi connectivity index (χ1n) is 6.32. The third-order valence-corrected chi connectivity index (χ3v) is 4.76. The molecule has 2 aromatic heterocycles. The summed E-state index contributed by atoms with van der Waals surface area (Å²) in [4.78, 5) is 16.4. The SMILES string of the molecule is CNC(=O)c1cc2c(Oc3ccc(Cl)cc3)cnc(Cl)c2s1. The number of carbonyl (C=O) groups excluding carboxylic acids is 1. The predicted molar refractivity (Wildman–Crippen MR) is 89.5 cm³/mol. The Labute approximate surface area is 140 Å². The summed E-state index contributed by atoms with van der Waals surface area (Å²) in [6.07, 6.45) is 1.54. The fraction of sp³-hybridized carbons (Fsp3) is 0.0667. The maximum atomic E-state index is 11.8. The Morgan fingerprint density at radius 2 is 2.00 bits per heavy atom. The second-order valence-corrected chi connectivity index (χ2v) is 6.25. The van der Waals surface area contributed by atoms with Crippen LogP contribution in [0, 0.1) is 0 Å². The first-order chi connectivity index (χ1) is 10.6. The maximum absolute atomic E-state index is 11.8. The molecule has 1 amide bonds. The summed E-state index contributed by atoms with van der Waals surface area (Å²) in [5.41, 5.74) is 0. The van der Waals surface area contributed by atoms with Gasteiger partial charge < -0.3 is 10.1 Å². The molecule has 3 rings (SSSR count). The third-order valence-electron chi connectivity index (χ3n) is 2.97. The van der Waals surface area contributed by atoms with Crippen LogP contribution in [0.2, 0.25) is 10.2 Å². The number of ether oxygens (including phenoxy) is 1. The van der Waals surface area contributed by atoms with Gasteiger partial charge in [0.2, 0.25) is 0 Å². The molecule has 3 aromatic rings. The maximum Gasteiger partial charge on any atom is 0.261 e. The zero-order valence-electron chi connectivity index (χ0n) is 11.4. The molecule has 0 radical (unpaired) electrons. The molecular weight excluding hydrogens is 343 g/mol.